The van der Waals surface area contributed by atoms with Gasteiger partial charge in [0.2, 0.25) is 0 Å². The van der Waals surface area contributed by atoms with Crippen molar-refractivity contribution in [3.8, 4) is 6.07 Å². The number of aromatic carboxylic acids is 1. The average molecular weight is 277 g/mol. The van der Waals surface area contributed by atoms with Crippen LogP contribution in [-0.4, -0.2) is 16.1 Å². The van der Waals surface area contributed by atoms with Gasteiger partial charge in [-0.1, -0.05) is 0 Å². The number of pyridine rings is 1. The van der Waals surface area contributed by atoms with E-state index < -0.39 is 29.2 Å². The molecular formula is C8H3BrF2N2O2. The standard InChI is InChI=1S/C8H3BrF2N2O2/c9-4-2-13-6(8(14)15)5(7(10)11)3(4)1-12/h2,7H,(H,14,15). The maximum absolute atomic E-state index is 12.5. The van der Waals surface area contributed by atoms with Crippen LogP contribution in [0.3, 0.4) is 0 Å². The van der Waals surface area contributed by atoms with Crippen LogP contribution in [0.1, 0.15) is 28.0 Å². The molecule has 0 amide bonds. The van der Waals surface area contributed by atoms with E-state index in [0.29, 0.717) is 0 Å². The number of alkyl halides is 2. The number of nitriles is 1. The molecule has 0 unspecified atom stereocenters. The topological polar surface area (TPSA) is 74.0 Å². The maximum Gasteiger partial charge on any atom is 0.355 e. The largest absolute Gasteiger partial charge is 0.476 e. The third kappa shape index (κ3) is 2.10. The Kier molecular flexibility index (Phi) is 3.31. The van der Waals surface area contributed by atoms with E-state index in [-0.39, 0.29) is 4.47 Å². The summed E-state index contributed by atoms with van der Waals surface area (Å²) < 4.78 is 25.1. The molecular weight excluding hydrogens is 274 g/mol. The molecule has 0 atom stereocenters. The summed E-state index contributed by atoms with van der Waals surface area (Å²) in [5, 5.41) is 17.2. The lowest BCUT2D eigenvalue weighted by molar-refractivity contribution is 0.0677. The predicted molar refractivity (Wildman–Crippen MR) is 48.6 cm³/mol. The molecule has 15 heavy (non-hydrogen) atoms. The summed E-state index contributed by atoms with van der Waals surface area (Å²) in [4.78, 5) is 13.9. The summed E-state index contributed by atoms with van der Waals surface area (Å²) in [7, 11) is 0. The van der Waals surface area contributed by atoms with Gasteiger partial charge in [0.05, 0.1) is 15.6 Å². The van der Waals surface area contributed by atoms with E-state index in [1.165, 1.54) is 6.07 Å². The normalized spacial score (nSPS) is 10.1. The number of hydrogen-bond acceptors (Lipinski definition) is 3. The van der Waals surface area contributed by atoms with Crippen LogP contribution in [0.15, 0.2) is 10.7 Å². The molecule has 0 saturated heterocycles. The lowest BCUT2D eigenvalue weighted by atomic mass is 10.1. The van der Waals surface area contributed by atoms with Crippen molar-refractivity contribution in [2.24, 2.45) is 0 Å². The first-order valence-corrected chi connectivity index (χ1v) is 4.38. The Morgan fingerprint density at radius 2 is 2.27 bits per heavy atom. The van der Waals surface area contributed by atoms with E-state index >= 15 is 0 Å². The van der Waals surface area contributed by atoms with E-state index in [1.54, 1.807) is 0 Å². The molecule has 0 radical (unpaired) electrons. The first-order chi connectivity index (χ1) is 6.99. The average Bonchev–Trinajstić information content (AvgIpc) is 2.16. The van der Waals surface area contributed by atoms with E-state index in [0.717, 1.165) is 6.20 Å². The molecule has 0 fully saturated rings. The molecule has 0 aromatic carbocycles. The van der Waals surface area contributed by atoms with Crippen LogP contribution in [0.2, 0.25) is 0 Å². The number of carboxylic acids is 1. The van der Waals surface area contributed by atoms with Crippen molar-refractivity contribution in [3.63, 3.8) is 0 Å². The Morgan fingerprint density at radius 3 is 2.67 bits per heavy atom. The molecule has 0 spiro atoms. The molecule has 1 aromatic heterocycles. The minimum Gasteiger partial charge on any atom is -0.476 e. The van der Waals surface area contributed by atoms with Gasteiger partial charge in [-0.3, -0.25) is 0 Å². The van der Waals surface area contributed by atoms with Crippen LogP contribution in [-0.2, 0) is 0 Å². The molecule has 7 heteroatoms. The number of carboxylic acid groups (broad SMARTS) is 1. The van der Waals surface area contributed by atoms with Gasteiger partial charge in [-0.2, -0.15) is 5.26 Å². The highest BCUT2D eigenvalue weighted by molar-refractivity contribution is 9.10. The van der Waals surface area contributed by atoms with Crippen LogP contribution in [0.5, 0.6) is 0 Å². The zero-order valence-electron chi connectivity index (χ0n) is 7.04. The van der Waals surface area contributed by atoms with E-state index in [9.17, 15) is 13.6 Å². The lowest BCUT2D eigenvalue weighted by Gasteiger charge is -2.07. The molecule has 0 aliphatic heterocycles. The number of hydrogen-bond donors (Lipinski definition) is 1. The lowest BCUT2D eigenvalue weighted by Crippen LogP contribution is -2.08. The van der Waals surface area contributed by atoms with Gasteiger partial charge in [0.1, 0.15) is 6.07 Å². The first-order valence-electron chi connectivity index (χ1n) is 3.59. The smallest absolute Gasteiger partial charge is 0.355 e. The molecule has 1 heterocycles. The molecule has 1 aromatic rings. The maximum atomic E-state index is 12.5. The van der Waals surface area contributed by atoms with Gasteiger partial charge < -0.3 is 5.11 Å². The highest BCUT2D eigenvalue weighted by atomic mass is 79.9. The van der Waals surface area contributed by atoms with E-state index in [2.05, 4.69) is 20.9 Å². The Morgan fingerprint density at radius 1 is 1.67 bits per heavy atom. The SMILES string of the molecule is N#Cc1c(Br)cnc(C(=O)O)c1C(F)F. The summed E-state index contributed by atoms with van der Waals surface area (Å²) in [5.41, 5.74) is -2.07. The number of carbonyl (C=O) groups is 1. The highest BCUT2D eigenvalue weighted by Gasteiger charge is 2.25. The third-order valence-electron chi connectivity index (χ3n) is 1.60. The van der Waals surface area contributed by atoms with Crippen LogP contribution < -0.4 is 0 Å². The van der Waals surface area contributed by atoms with Gasteiger partial charge in [0.25, 0.3) is 6.43 Å². The van der Waals surface area contributed by atoms with Crippen LogP contribution >= 0.6 is 15.9 Å². The van der Waals surface area contributed by atoms with Crippen molar-refractivity contribution in [2.45, 2.75) is 6.43 Å². The van der Waals surface area contributed by atoms with Crippen LogP contribution in [0.25, 0.3) is 0 Å². The molecule has 1 rings (SSSR count). The number of halogens is 3. The molecule has 0 aliphatic rings. The van der Waals surface area contributed by atoms with E-state index in [4.69, 9.17) is 10.4 Å². The summed E-state index contributed by atoms with van der Waals surface area (Å²) >= 11 is 2.85. The molecule has 1 N–H and O–H groups in total. The zero-order valence-corrected chi connectivity index (χ0v) is 8.62. The summed E-state index contributed by atoms with van der Waals surface area (Å²) in [6.45, 7) is 0. The third-order valence-corrected chi connectivity index (χ3v) is 2.20. The van der Waals surface area contributed by atoms with Crippen molar-refractivity contribution < 1.29 is 18.7 Å². The fourth-order valence-electron chi connectivity index (χ4n) is 0.999. The van der Waals surface area contributed by atoms with Crippen molar-refractivity contribution in [1.82, 2.24) is 4.98 Å². The Bertz CT molecular complexity index is 457. The summed E-state index contributed by atoms with van der Waals surface area (Å²) in [6.07, 6.45) is -2.05. The van der Waals surface area contributed by atoms with Crippen molar-refractivity contribution in [1.29, 1.82) is 5.26 Å². The van der Waals surface area contributed by atoms with Gasteiger partial charge >= 0.3 is 5.97 Å². The number of rotatable bonds is 2. The number of aromatic nitrogens is 1. The summed E-state index contributed by atoms with van der Waals surface area (Å²) in [6, 6.07) is 1.51. The van der Waals surface area contributed by atoms with Crippen molar-refractivity contribution in [2.75, 3.05) is 0 Å². The highest BCUT2D eigenvalue weighted by Crippen LogP contribution is 2.29. The second-order valence-corrected chi connectivity index (χ2v) is 3.32. The minimum absolute atomic E-state index is 0.0466. The van der Waals surface area contributed by atoms with Gasteiger partial charge in [0, 0.05) is 6.20 Å². The number of nitrogens with zero attached hydrogens (tertiary/aromatic N) is 2. The molecule has 4 nitrogen and oxygen atoms in total. The Labute approximate surface area is 91.3 Å². The Hall–Kier alpha value is -1.55. The minimum atomic E-state index is -3.06. The van der Waals surface area contributed by atoms with Gasteiger partial charge in [-0.25, -0.2) is 18.6 Å². The van der Waals surface area contributed by atoms with Crippen LogP contribution in [0.4, 0.5) is 8.78 Å². The molecule has 0 saturated carbocycles. The zero-order chi connectivity index (χ0) is 11.6. The van der Waals surface area contributed by atoms with Gasteiger partial charge in [-0.15, -0.1) is 0 Å². The predicted octanol–water partition coefficient (Wildman–Crippen LogP) is 2.35. The molecule has 78 valence electrons. The van der Waals surface area contributed by atoms with E-state index in [1.807, 2.05) is 0 Å². The van der Waals surface area contributed by atoms with Crippen molar-refractivity contribution >= 4 is 21.9 Å². The van der Waals surface area contributed by atoms with Crippen LogP contribution in [0, 0.1) is 11.3 Å². The Balaban J connectivity index is 3.58. The van der Waals surface area contributed by atoms with Crippen molar-refractivity contribution in [3.05, 3.63) is 27.5 Å². The fourth-order valence-corrected chi connectivity index (χ4v) is 1.40. The second kappa shape index (κ2) is 4.31. The summed E-state index contributed by atoms with van der Waals surface area (Å²) in [5.74, 6) is -1.59. The quantitative estimate of drug-likeness (QED) is 0.900. The first kappa shape index (κ1) is 11.5. The molecule has 0 aliphatic carbocycles. The van der Waals surface area contributed by atoms with Gasteiger partial charge in [-0.05, 0) is 15.9 Å². The second-order valence-electron chi connectivity index (χ2n) is 2.46. The molecule has 0 bridgehead atoms. The fraction of sp³-hybridized carbons (Fsp3) is 0.125. The monoisotopic (exact) mass is 276 g/mol. The van der Waals surface area contributed by atoms with Gasteiger partial charge in [0.15, 0.2) is 5.69 Å².